The number of nitro groups is 1. The molecule has 24 heavy (non-hydrogen) atoms. The normalized spacial score (nSPS) is 12.6. The lowest BCUT2D eigenvalue weighted by Gasteiger charge is -2.26. The van der Waals surface area contributed by atoms with Crippen molar-refractivity contribution in [2.45, 2.75) is 25.8 Å². The molecule has 1 unspecified atom stereocenters. The molecular formula is C15H18N2O7. The second-order valence-electron chi connectivity index (χ2n) is 4.93. The molecule has 1 amide bonds. The monoisotopic (exact) mass is 338 g/mol. The number of nitro benzene ring substituents is 1. The summed E-state index contributed by atoms with van der Waals surface area (Å²) in [5.41, 5.74) is -1.79. The minimum Gasteiger partial charge on any atom is -0.490 e. The molecule has 1 aromatic rings. The maximum absolute atomic E-state index is 12.2. The highest BCUT2D eigenvalue weighted by atomic mass is 16.6. The van der Waals surface area contributed by atoms with Crippen LogP contribution >= 0.6 is 0 Å². The number of hydrogen-bond acceptors (Lipinski definition) is 7. The molecule has 1 rings (SSSR count). The summed E-state index contributed by atoms with van der Waals surface area (Å²) >= 11 is 0. The van der Waals surface area contributed by atoms with Gasteiger partial charge in [-0.3, -0.25) is 14.9 Å². The topological polar surface area (TPSA) is 125 Å². The van der Waals surface area contributed by atoms with Crippen LogP contribution < -0.4 is 10.1 Å². The van der Waals surface area contributed by atoms with Gasteiger partial charge in [-0.1, -0.05) is 6.07 Å². The fourth-order valence-electron chi connectivity index (χ4n) is 2.17. The Morgan fingerprint density at radius 1 is 1.42 bits per heavy atom. The highest BCUT2D eigenvalue weighted by Gasteiger charge is 2.41. The number of esters is 1. The lowest BCUT2D eigenvalue weighted by atomic mass is 9.91. The lowest BCUT2D eigenvalue weighted by molar-refractivity contribution is -0.385. The summed E-state index contributed by atoms with van der Waals surface area (Å²) in [7, 11) is 1.26. The van der Waals surface area contributed by atoms with Gasteiger partial charge in [-0.15, -0.1) is 0 Å². The number of carbonyl (C=O) groups excluding carboxylic acids is 3. The zero-order valence-corrected chi connectivity index (χ0v) is 13.5. The van der Waals surface area contributed by atoms with E-state index < -0.39 is 22.3 Å². The first-order chi connectivity index (χ1) is 11.3. The molecule has 0 radical (unpaired) electrons. The molecule has 1 N–H and O–H groups in total. The molecule has 0 fully saturated rings. The number of nitrogens with zero attached hydrogens (tertiary/aromatic N) is 1. The summed E-state index contributed by atoms with van der Waals surface area (Å²) in [6.45, 7) is 2.75. The van der Waals surface area contributed by atoms with Crippen LogP contribution in [-0.2, 0) is 25.5 Å². The van der Waals surface area contributed by atoms with Crippen LogP contribution in [0.5, 0.6) is 5.75 Å². The minimum atomic E-state index is -1.91. The largest absolute Gasteiger partial charge is 0.490 e. The van der Waals surface area contributed by atoms with Crippen molar-refractivity contribution in [3.63, 3.8) is 0 Å². The van der Waals surface area contributed by atoms with E-state index in [0.717, 1.165) is 6.92 Å². The van der Waals surface area contributed by atoms with E-state index in [4.69, 9.17) is 9.47 Å². The zero-order chi connectivity index (χ0) is 18.3. The molecule has 9 heteroatoms. The van der Waals surface area contributed by atoms with Crippen molar-refractivity contribution in [3.8, 4) is 5.75 Å². The molecule has 9 nitrogen and oxygen atoms in total. The third-order valence-electron chi connectivity index (χ3n) is 3.16. The van der Waals surface area contributed by atoms with Gasteiger partial charge in [-0.2, -0.15) is 0 Å². The van der Waals surface area contributed by atoms with E-state index in [0.29, 0.717) is 11.8 Å². The Balaban J connectivity index is 3.27. The van der Waals surface area contributed by atoms with Crippen molar-refractivity contribution >= 4 is 23.9 Å². The predicted molar refractivity (Wildman–Crippen MR) is 82.6 cm³/mol. The molecule has 0 spiro atoms. The Kier molecular flexibility index (Phi) is 6.39. The first kappa shape index (κ1) is 19.1. The molecule has 0 saturated carbocycles. The van der Waals surface area contributed by atoms with Gasteiger partial charge in [0.05, 0.1) is 18.6 Å². The number of rotatable bonds is 8. The summed E-state index contributed by atoms with van der Waals surface area (Å²) in [6.07, 6.45) is 0.0591. The first-order valence-corrected chi connectivity index (χ1v) is 7.03. The smallest absolute Gasteiger partial charge is 0.339 e. The van der Waals surface area contributed by atoms with Gasteiger partial charge in [0, 0.05) is 19.4 Å². The molecule has 0 aromatic heterocycles. The van der Waals surface area contributed by atoms with Gasteiger partial charge in [0.15, 0.2) is 17.6 Å². The molecule has 0 heterocycles. The molecule has 1 atom stereocenters. The van der Waals surface area contributed by atoms with Crippen LogP contribution in [-0.4, -0.2) is 42.3 Å². The fourth-order valence-corrected chi connectivity index (χ4v) is 2.17. The SMILES string of the molecule is CCOC(=O)C(C=O)(Cc1ccc([N+](=O)[O-])c(OC)c1)NC(C)=O. The zero-order valence-electron chi connectivity index (χ0n) is 13.5. The van der Waals surface area contributed by atoms with Crippen molar-refractivity contribution < 1.29 is 28.8 Å². The van der Waals surface area contributed by atoms with E-state index in [2.05, 4.69) is 5.32 Å². The van der Waals surface area contributed by atoms with Gasteiger partial charge < -0.3 is 19.6 Å². The Bertz CT molecular complexity index is 659. The highest BCUT2D eigenvalue weighted by molar-refractivity contribution is 6.02. The van der Waals surface area contributed by atoms with Gasteiger partial charge in [0.1, 0.15) is 0 Å². The number of ether oxygens (including phenoxy) is 2. The molecule has 0 aliphatic carbocycles. The number of amides is 1. The molecular weight excluding hydrogens is 320 g/mol. The quantitative estimate of drug-likeness (QED) is 0.244. The molecule has 0 aliphatic rings. The number of aldehydes is 1. The summed E-state index contributed by atoms with van der Waals surface area (Å²) in [5, 5.41) is 13.2. The summed E-state index contributed by atoms with van der Waals surface area (Å²) in [5.74, 6) is -1.53. The van der Waals surface area contributed by atoms with Crippen LogP contribution in [0.4, 0.5) is 5.69 Å². The maximum Gasteiger partial charge on any atom is 0.339 e. The van der Waals surface area contributed by atoms with E-state index in [1.54, 1.807) is 6.92 Å². The van der Waals surface area contributed by atoms with Crippen molar-refractivity contribution in [1.29, 1.82) is 0 Å². The Morgan fingerprint density at radius 2 is 2.08 bits per heavy atom. The van der Waals surface area contributed by atoms with Crippen molar-refractivity contribution in [3.05, 3.63) is 33.9 Å². The van der Waals surface area contributed by atoms with Crippen LogP contribution in [0.3, 0.4) is 0 Å². The van der Waals surface area contributed by atoms with Crippen LogP contribution in [0.25, 0.3) is 0 Å². The van der Waals surface area contributed by atoms with E-state index in [1.807, 2.05) is 0 Å². The van der Waals surface area contributed by atoms with Crippen molar-refractivity contribution in [2.24, 2.45) is 0 Å². The molecule has 0 aliphatic heterocycles. The van der Waals surface area contributed by atoms with E-state index in [1.165, 1.54) is 25.3 Å². The number of carbonyl (C=O) groups is 3. The summed E-state index contributed by atoms with van der Waals surface area (Å²) in [6, 6.07) is 3.90. The fraction of sp³-hybridized carbons (Fsp3) is 0.400. The predicted octanol–water partition coefficient (Wildman–Crippen LogP) is 0.783. The van der Waals surface area contributed by atoms with Gasteiger partial charge in [0.25, 0.3) is 0 Å². The molecule has 130 valence electrons. The number of hydrogen-bond donors (Lipinski definition) is 1. The Morgan fingerprint density at radius 3 is 2.54 bits per heavy atom. The average molecular weight is 338 g/mol. The molecule has 1 aromatic carbocycles. The summed E-state index contributed by atoms with van der Waals surface area (Å²) < 4.78 is 9.82. The van der Waals surface area contributed by atoms with E-state index >= 15 is 0 Å². The third kappa shape index (κ3) is 4.28. The van der Waals surface area contributed by atoms with Crippen molar-refractivity contribution in [2.75, 3.05) is 13.7 Å². The lowest BCUT2D eigenvalue weighted by Crippen LogP contribution is -2.57. The number of nitrogens with one attached hydrogen (secondary N) is 1. The highest BCUT2D eigenvalue weighted by Crippen LogP contribution is 2.29. The standard InChI is InChI=1S/C15H18N2O7/c1-4-24-14(20)15(9-18,16-10(2)19)8-11-5-6-12(17(21)22)13(7-11)23-3/h5-7,9H,4,8H2,1-3H3,(H,16,19). The number of methoxy groups -OCH3 is 1. The Labute approximate surface area is 138 Å². The minimum absolute atomic E-state index is 0.0241. The molecule has 0 saturated heterocycles. The van der Waals surface area contributed by atoms with Crippen LogP contribution in [0, 0.1) is 10.1 Å². The van der Waals surface area contributed by atoms with Crippen LogP contribution in [0.1, 0.15) is 19.4 Å². The molecule has 0 bridgehead atoms. The van der Waals surface area contributed by atoms with Crippen LogP contribution in [0.15, 0.2) is 18.2 Å². The van der Waals surface area contributed by atoms with Crippen LogP contribution in [0.2, 0.25) is 0 Å². The number of benzene rings is 1. The van der Waals surface area contributed by atoms with Gasteiger partial charge in [-0.25, -0.2) is 4.79 Å². The maximum atomic E-state index is 12.2. The van der Waals surface area contributed by atoms with E-state index in [-0.39, 0.29) is 24.5 Å². The summed E-state index contributed by atoms with van der Waals surface area (Å²) in [4.78, 5) is 45.4. The van der Waals surface area contributed by atoms with Gasteiger partial charge >= 0.3 is 11.7 Å². The first-order valence-electron chi connectivity index (χ1n) is 7.03. The third-order valence-corrected chi connectivity index (χ3v) is 3.16. The Hall–Kier alpha value is -2.97. The van der Waals surface area contributed by atoms with E-state index in [9.17, 15) is 24.5 Å². The van der Waals surface area contributed by atoms with Gasteiger partial charge in [-0.05, 0) is 18.6 Å². The average Bonchev–Trinajstić information content (AvgIpc) is 2.53. The second-order valence-corrected chi connectivity index (χ2v) is 4.93. The van der Waals surface area contributed by atoms with Gasteiger partial charge in [0.2, 0.25) is 5.91 Å². The van der Waals surface area contributed by atoms with Crippen molar-refractivity contribution in [1.82, 2.24) is 5.32 Å². The second kappa shape index (κ2) is 8.04.